The van der Waals surface area contributed by atoms with E-state index >= 15 is 0 Å². The van der Waals surface area contributed by atoms with Gasteiger partial charge in [0.15, 0.2) is 6.10 Å². The van der Waals surface area contributed by atoms with Crippen molar-refractivity contribution in [2.45, 2.75) is 296 Å². The fourth-order valence-electron chi connectivity index (χ4n) is 9.68. The lowest BCUT2D eigenvalue weighted by molar-refractivity contribution is -0.161. The number of esters is 3. The van der Waals surface area contributed by atoms with Crippen molar-refractivity contribution in [3.8, 4) is 0 Å². The molecule has 16 nitrogen and oxygen atoms in total. The van der Waals surface area contributed by atoms with Crippen molar-refractivity contribution < 1.29 is 75.8 Å². The van der Waals surface area contributed by atoms with Crippen LogP contribution in [-0.4, -0.2) is 95.9 Å². The van der Waals surface area contributed by atoms with Crippen molar-refractivity contribution >= 4 is 33.6 Å². The van der Waals surface area contributed by atoms with E-state index in [-0.39, 0.29) is 19.3 Å². The summed E-state index contributed by atoms with van der Waals surface area (Å²) < 4.78 is 61.0. The number of carbonyl (C=O) groups excluding carboxylic acids is 3. The number of allylic oxidation sites excluding steroid dienone is 28. The number of aliphatic hydroxyl groups is 2. The normalized spacial score (nSPS) is 15.0. The van der Waals surface area contributed by atoms with Gasteiger partial charge in [-0.15, -0.1) is 0 Å². The predicted molar refractivity (Wildman–Crippen MR) is 417 cm³/mol. The summed E-state index contributed by atoms with van der Waals surface area (Å²) in [6, 6.07) is 0. The first-order valence-corrected chi connectivity index (χ1v) is 41.4. The molecule has 0 fully saturated rings. The Bertz CT molecular complexity index is 2520. The zero-order valence-electron chi connectivity index (χ0n) is 62.5. The summed E-state index contributed by atoms with van der Waals surface area (Å²) in [6.07, 6.45) is 94.2. The highest BCUT2D eigenvalue weighted by Gasteiger charge is 2.29. The molecule has 574 valence electrons. The third-order valence-electron chi connectivity index (χ3n) is 15.4. The molecule has 0 aliphatic heterocycles. The van der Waals surface area contributed by atoms with E-state index in [1.165, 1.54) is 77.0 Å². The van der Waals surface area contributed by atoms with Gasteiger partial charge in [0.25, 0.3) is 0 Å². The van der Waals surface area contributed by atoms with E-state index in [9.17, 15) is 43.5 Å². The van der Waals surface area contributed by atoms with Crippen LogP contribution in [0.25, 0.3) is 0 Å². The van der Waals surface area contributed by atoms with Gasteiger partial charge >= 0.3 is 33.6 Å². The molecule has 101 heavy (non-hydrogen) atoms. The highest BCUT2D eigenvalue weighted by atomic mass is 31.2. The van der Waals surface area contributed by atoms with Gasteiger partial charge in [-0.05, 0) is 141 Å². The molecule has 0 rings (SSSR count). The van der Waals surface area contributed by atoms with Gasteiger partial charge in [-0.25, -0.2) is 9.13 Å². The van der Waals surface area contributed by atoms with E-state index in [1.807, 2.05) is 12.2 Å². The highest BCUT2D eigenvalue weighted by Crippen LogP contribution is 2.45. The summed E-state index contributed by atoms with van der Waals surface area (Å²) in [5.74, 6) is -1.68. The average molecular weight is 1450 g/mol. The zero-order chi connectivity index (χ0) is 73.7. The van der Waals surface area contributed by atoms with E-state index in [4.69, 9.17) is 32.3 Å². The van der Waals surface area contributed by atoms with Crippen LogP contribution in [0.3, 0.4) is 0 Å². The van der Waals surface area contributed by atoms with E-state index < -0.39 is 91.5 Å². The first-order valence-electron chi connectivity index (χ1n) is 38.4. The summed E-state index contributed by atoms with van der Waals surface area (Å²) in [6.45, 7) is 2.22. The second kappa shape index (κ2) is 74.6. The summed E-state index contributed by atoms with van der Waals surface area (Å²) in [5, 5.41) is 20.6. The second-order valence-corrected chi connectivity index (χ2v) is 27.9. The van der Waals surface area contributed by atoms with Crippen molar-refractivity contribution in [1.29, 1.82) is 0 Å². The molecule has 0 heterocycles. The zero-order valence-corrected chi connectivity index (χ0v) is 64.3. The van der Waals surface area contributed by atoms with Gasteiger partial charge < -0.3 is 34.2 Å². The van der Waals surface area contributed by atoms with Gasteiger partial charge in [-0.1, -0.05) is 287 Å². The maximum absolute atomic E-state index is 12.9. The second-order valence-electron chi connectivity index (χ2n) is 25.0. The Morgan fingerprint density at radius 1 is 0.277 bits per heavy atom. The number of rotatable bonds is 71. The number of phosphoric acid groups is 2. The number of aliphatic hydroxyl groups excluding tert-OH is 2. The van der Waals surface area contributed by atoms with Gasteiger partial charge in [0.1, 0.15) is 25.4 Å². The molecule has 0 saturated heterocycles. The largest absolute Gasteiger partial charge is 0.472 e. The minimum Gasteiger partial charge on any atom is -0.463 e. The van der Waals surface area contributed by atoms with E-state index in [2.05, 4.69) is 179 Å². The number of unbranched alkanes of at least 4 members (excludes halogenated alkanes) is 20. The van der Waals surface area contributed by atoms with Gasteiger partial charge in [-0.2, -0.15) is 0 Å². The van der Waals surface area contributed by atoms with Crippen LogP contribution < -0.4 is 0 Å². The number of carbonyl (C=O) groups is 3. The summed E-state index contributed by atoms with van der Waals surface area (Å²) in [5.41, 5.74) is 0. The average Bonchev–Trinajstić information content (AvgIpc) is 1.15. The smallest absolute Gasteiger partial charge is 0.463 e. The lowest BCUT2D eigenvalue weighted by atomic mass is 10.0. The molecular formula is C83H136O16P2. The summed E-state index contributed by atoms with van der Waals surface area (Å²) in [7, 11) is -9.82. The standard InChI is InChI=1S/C83H136O16P2/c1-4-7-10-13-16-19-22-25-28-31-32-33-34-35-36-37-38-39-40-41-42-43-44-47-49-51-54-57-60-63-66-69-81(86)93-72-78(84)73-95-100(89,90)96-74-79(85)75-97-101(91,92)98-77-80(99-83(88)71-68-65-62-59-56-53-50-46-30-27-24-21-18-15-12-9-6-3)76-94-82(87)70-67-64-61-58-55-52-48-45-29-26-23-20-17-14-11-8-5-2/h7-12,16-21,25-30,32-33,35-36,48,50,52-53,58,61,78-80,84-85H,4-6,13-15,22-24,31,34,37-47,49,51,54-57,59-60,62-77H2,1-3H3,(H,89,90)(H,91,92)/b10-7-,11-8-,12-9-,19-16-,20-17-,21-18-,28-25-,29-26-,30-27-,33-32-,36-35-,52-48-,53-50-,61-58-. The molecule has 0 aromatic carbocycles. The molecule has 0 aromatic rings. The molecule has 0 aliphatic rings. The minimum atomic E-state index is -4.95. The van der Waals surface area contributed by atoms with Crippen LogP contribution in [0.1, 0.15) is 278 Å². The van der Waals surface area contributed by atoms with Crippen LogP contribution in [0.15, 0.2) is 170 Å². The summed E-state index contributed by atoms with van der Waals surface area (Å²) >= 11 is 0. The molecule has 0 radical (unpaired) electrons. The number of ether oxygens (including phenoxy) is 3. The first-order chi connectivity index (χ1) is 49.2. The van der Waals surface area contributed by atoms with Crippen LogP contribution in [0, 0.1) is 0 Å². The molecule has 0 bridgehead atoms. The fourth-order valence-corrected chi connectivity index (χ4v) is 11.3. The Morgan fingerprint density at radius 2 is 0.505 bits per heavy atom. The molecule has 5 atom stereocenters. The Hall–Kier alpha value is -5.09. The third-order valence-corrected chi connectivity index (χ3v) is 17.3. The van der Waals surface area contributed by atoms with Crippen LogP contribution in [0.4, 0.5) is 0 Å². The fraction of sp³-hybridized carbons (Fsp3) is 0.627. The topological polar surface area (TPSA) is 231 Å². The first kappa shape index (κ1) is 95.9. The van der Waals surface area contributed by atoms with Crippen LogP contribution >= 0.6 is 15.6 Å². The van der Waals surface area contributed by atoms with Gasteiger partial charge in [0.05, 0.1) is 26.4 Å². The molecule has 0 amide bonds. The molecule has 4 N–H and O–H groups in total. The molecule has 0 aliphatic carbocycles. The molecule has 0 aromatic heterocycles. The monoisotopic (exact) mass is 1450 g/mol. The highest BCUT2D eigenvalue weighted by molar-refractivity contribution is 7.47. The van der Waals surface area contributed by atoms with Crippen molar-refractivity contribution in [2.24, 2.45) is 0 Å². The molecule has 0 saturated carbocycles. The maximum Gasteiger partial charge on any atom is 0.472 e. The molecular weight excluding hydrogens is 1310 g/mol. The van der Waals surface area contributed by atoms with E-state index in [0.717, 1.165) is 135 Å². The lowest BCUT2D eigenvalue weighted by Gasteiger charge is -2.21. The Labute approximate surface area is 612 Å². The quantitative estimate of drug-likeness (QED) is 0.0146. The number of phosphoric ester groups is 2. The van der Waals surface area contributed by atoms with Crippen molar-refractivity contribution in [2.75, 3.05) is 39.6 Å². The lowest BCUT2D eigenvalue weighted by Crippen LogP contribution is -2.30. The van der Waals surface area contributed by atoms with Gasteiger partial charge in [0.2, 0.25) is 0 Å². The van der Waals surface area contributed by atoms with Crippen molar-refractivity contribution in [1.82, 2.24) is 0 Å². The van der Waals surface area contributed by atoms with E-state index in [1.54, 1.807) is 0 Å². The van der Waals surface area contributed by atoms with Crippen LogP contribution in [-0.2, 0) is 55.8 Å². The number of hydrogen-bond acceptors (Lipinski definition) is 14. The van der Waals surface area contributed by atoms with Crippen molar-refractivity contribution in [3.05, 3.63) is 170 Å². The van der Waals surface area contributed by atoms with Crippen LogP contribution in [0.5, 0.6) is 0 Å². The SMILES string of the molecule is CC/C=C\C/C=C\C/C=C\C/C=C\C/C=C\CCCCCCCCCCCCCCCCCC(=O)OCC(O)COP(=O)(O)OCC(O)COP(=O)(O)OCC(COC(=O)CCC/C=C\C/C=C\C/C=C\C/C=C\C/C=C\CC)OC(=O)CCCCCC/C=C\C/C=C\C/C=C\C/C=C\CC. The Balaban J connectivity index is 4.55. The van der Waals surface area contributed by atoms with Gasteiger partial charge in [-0.3, -0.25) is 32.5 Å². The predicted octanol–water partition coefficient (Wildman–Crippen LogP) is 22.4. The molecule has 0 spiro atoms. The van der Waals surface area contributed by atoms with Gasteiger partial charge in [0, 0.05) is 19.3 Å². The Kier molecular flexibility index (Phi) is 70.9. The third kappa shape index (κ3) is 75.9. The Morgan fingerprint density at radius 3 is 0.822 bits per heavy atom. The van der Waals surface area contributed by atoms with Crippen LogP contribution in [0.2, 0.25) is 0 Å². The molecule has 5 unspecified atom stereocenters. The molecule has 18 heteroatoms. The minimum absolute atomic E-state index is 0.0586. The van der Waals surface area contributed by atoms with Crippen molar-refractivity contribution in [3.63, 3.8) is 0 Å². The van der Waals surface area contributed by atoms with E-state index in [0.29, 0.717) is 25.7 Å². The number of hydrogen-bond donors (Lipinski definition) is 4. The maximum atomic E-state index is 12.9. The summed E-state index contributed by atoms with van der Waals surface area (Å²) in [4.78, 5) is 58.5.